The van der Waals surface area contributed by atoms with Gasteiger partial charge in [-0.2, -0.15) is 0 Å². The normalized spacial score (nSPS) is 13.4. The number of rotatable bonds is 6. The van der Waals surface area contributed by atoms with E-state index in [1.165, 1.54) is 24.1 Å². The van der Waals surface area contributed by atoms with Gasteiger partial charge in [-0.25, -0.2) is 18.2 Å². The molecule has 2 amide bonds. The molecule has 2 N–H and O–H groups in total. The van der Waals surface area contributed by atoms with Gasteiger partial charge in [-0.3, -0.25) is 19.1 Å². The monoisotopic (exact) mass is 636 g/mol. The van der Waals surface area contributed by atoms with Crippen LogP contribution in [0.3, 0.4) is 0 Å². The summed E-state index contributed by atoms with van der Waals surface area (Å²) in [4.78, 5) is 38.1. The molecule has 0 bridgehead atoms. The first-order valence-corrected chi connectivity index (χ1v) is 14.6. The summed E-state index contributed by atoms with van der Waals surface area (Å²) < 4.78 is 46.4. The van der Waals surface area contributed by atoms with Crippen molar-refractivity contribution in [2.45, 2.75) is 26.7 Å². The number of carbonyl (C=O) groups excluding carboxylic acids is 2. The molecule has 234 valence electrons. The minimum absolute atomic E-state index is 0.0355. The number of anilines is 1. The van der Waals surface area contributed by atoms with Crippen LogP contribution in [0.15, 0.2) is 48.9 Å². The van der Waals surface area contributed by atoms with Gasteiger partial charge >= 0.3 is 0 Å². The highest BCUT2D eigenvalue weighted by atomic mass is 32.1. The second-order valence-corrected chi connectivity index (χ2v) is 11.4. The summed E-state index contributed by atoms with van der Waals surface area (Å²) in [5, 5.41) is 13.3. The van der Waals surface area contributed by atoms with Crippen molar-refractivity contribution in [2.24, 2.45) is 0 Å². The number of halogens is 3. The van der Waals surface area contributed by atoms with Crippen molar-refractivity contribution in [3.05, 3.63) is 82.0 Å². The number of piperazine rings is 1. The predicted molar refractivity (Wildman–Crippen MR) is 168 cm³/mol. The molecular weight excluding hydrogens is 605 g/mol. The number of phenolic OH excluding ortho intramolecular Hbond substituents is 1. The first-order valence-electron chi connectivity index (χ1n) is 14.2. The molecule has 4 heterocycles. The SMILES string of the molecule is C=C(F)C(=O)N1CCN(c2c(C(=O)NC)c(=S)n(-c3c(C)ccnc3C(C)C)c3nc(-c4c(O)cccc4F)c(F)cc23)CC1. The molecule has 1 aromatic carbocycles. The van der Waals surface area contributed by atoms with Crippen LogP contribution >= 0.6 is 12.2 Å². The fourth-order valence-corrected chi connectivity index (χ4v) is 6.01. The molecule has 1 fully saturated rings. The Morgan fingerprint density at radius 3 is 2.38 bits per heavy atom. The number of pyridine rings is 3. The minimum Gasteiger partial charge on any atom is -0.507 e. The van der Waals surface area contributed by atoms with Gasteiger partial charge in [0.05, 0.1) is 28.2 Å². The number of nitrogens with zero attached hydrogens (tertiary/aromatic N) is 5. The lowest BCUT2D eigenvalue weighted by Gasteiger charge is -2.37. The van der Waals surface area contributed by atoms with Crippen LogP contribution in [0.4, 0.5) is 18.9 Å². The van der Waals surface area contributed by atoms with E-state index in [-0.39, 0.29) is 59.0 Å². The number of aromatic hydroxyl groups is 1. The van der Waals surface area contributed by atoms with Gasteiger partial charge in [-0.1, -0.05) is 38.7 Å². The van der Waals surface area contributed by atoms with E-state index < -0.39 is 46.3 Å². The molecule has 4 aromatic rings. The fourth-order valence-electron chi connectivity index (χ4n) is 5.65. The molecule has 5 rings (SSSR count). The van der Waals surface area contributed by atoms with Crippen molar-refractivity contribution < 1.29 is 27.9 Å². The van der Waals surface area contributed by atoms with Gasteiger partial charge in [0.1, 0.15) is 27.5 Å². The average Bonchev–Trinajstić information content (AvgIpc) is 3.00. The summed E-state index contributed by atoms with van der Waals surface area (Å²) in [7, 11) is 1.44. The van der Waals surface area contributed by atoms with E-state index in [4.69, 9.17) is 12.2 Å². The fraction of sp³-hybridized carbons (Fsp3) is 0.281. The number of amides is 2. The quantitative estimate of drug-likeness (QED) is 0.206. The van der Waals surface area contributed by atoms with Gasteiger partial charge in [0, 0.05) is 44.8 Å². The summed E-state index contributed by atoms with van der Waals surface area (Å²) in [5.74, 6) is -4.93. The Hall–Kier alpha value is -4.78. The van der Waals surface area contributed by atoms with E-state index in [1.807, 2.05) is 20.8 Å². The van der Waals surface area contributed by atoms with E-state index in [2.05, 4.69) is 21.9 Å². The largest absolute Gasteiger partial charge is 0.507 e. The van der Waals surface area contributed by atoms with Gasteiger partial charge in [0.2, 0.25) is 0 Å². The smallest absolute Gasteiger partial charge is 0.282 e. The first kappa shape index (κ1) is 31.6. The average molecular weight is 637 g/mol. The van der Waals surface area contributed by atoms with Crippen LogP contribution in [0, 0.1) is 23.2 Å². The highest BCUT2D eigenvalue weighted by molar-refractivity contribution is 7.71. The topological polar surface area (TPSA) is 104 Å². The number of hydrogen-bond acceptors (Lipinski definition) is 7. The maximum atomic E-state index is 16.1. The molecular formula is C32H31F3N6O3S. The summed E-state index contributed by atoms with van der Waals surface area (Å²) in [6.07, 6.45) is 1.65. The highest BCUT2D eigenvalue weighted by Gasteiger charge is 2.31. The molecule has 13 heteroatoms. The Kier molecular flexibility index (Phi) is 8.66. The number of carbonyl (C=O) groups is 2. The van der Waals surface area contributed by atoms with Crippen LogP contribution < -0.4 is 10.2 Å². The Morgan fingerprint density at radius 2 is 1.78 bits per heavy atom. The summed E-state index contributed by atoms with van der Waals surface area (Å²) in [6.45, 7) is 9.29. The zero-order valence-corrected chi connectivity index (χ0v) is 25.9. The number of phenols is 1. The Morgan fingerprint density at radius 1 is 1.09 bits per heavy atom. The van der Waals surface area contributed by atoms with Gasteiger partial charge in [-0.15, -0.1) is 0 Å². The van der Waals surface area contributed by atoms with Gasteiger partial charge < -0.3 is 20.2 Å². The Balaban J connectivity index is 1.91. The number of aryl methyl sites for hydroxylation is 1. The lowest BCUT2D eigenvalue weighted by atomic mass is 10.0. The Labute approximate surface area is 262 Å². The maximum Gasteiger partial charge on any atom is 0.282 e. The van der Waals surface area contributed by atoms with Crippen molar-refractivity contribution in [3.63, 3.8) is 0 Å². The molecule has 0 atom stereocenters. The molecule has 1 aliphatic rings. The third kappa shape index (κ3) is 5.52. The summed E-state index contributed by atoms with van der Waals surface area (Å²) >= 11 is 6.01. The maximum absolute atomic E-state index is 16.1. The number of aromatic nitrogens is 3. The van der Waals surface area contributed by atoms with E-state index in [1.54, 1.807) is 21.7 Å². The Bertz CT molecular complexity index is 1920. The van der Waals surface area contributed by atoms with Gasteiger partial charge in [0.25, 0.3) is 11.8 Å². The van der Waals surface area contributed by atoms with Crippen LogP contribution in [-0.4, -0.2) is 69.6 Å². The van der Waals surface area contributed by atoms with E-state index >= 15 is 8.78 Å². The van der Waals surface area contributed by atoms with E-state index in [9.17, 15) is 19.1 Å². The van der Waals surface area contributed by atoms with Crippen LogP contribution in [0.2, 0.25) is 0 Å². The summed E-state index contributed by atoms with van der Waals surface area (Å²) in [6, 6.07) is 6.51. The van der Waals surface area contributed by atoms with Crippen molar-refractivity contribution in [2.75, 3.05) is 38.1 Å². The van der Waals surface area contributed by atoms with Gasteiger partial charge in [0.15, 0.2) is 11.6 Å². The van der Waals surface area contributed by atoms with Crippen molar-refractivity contribution in [3.8, 4) is 22.7 Å². The molecule has 0 aliphatic carbocycles. The molecule has 0 saturated carbocycles. The molecule has 0 radical (unpaired) electrons. The number of fused-ring (bicyclic) bond motifs is 1. The molecule has 3 aromatic heterocycles. The molecule has 9 nitrogen and oxygen atoms in total. The second-order valence-electron chi connectivity index (χ2n) is 11.0. The molecule has 0 unspecified atom stereocenters. The molecule has 45 heavy (non-hydrogen) atoms. The number of nitrogens with one attached hydrogen (secondary N) is 1. The van der Waals surface area contributed by atoms with Crippen molar-refractivity contribution >= 4 is 40.8 Å². The third-order valence-electron chi connectivity index (χ3n) is 7.80. The first-order chi connectivity index (χ1) is 21.4. The standard InChI is InChI=1S/C32H31F3N6O3S/c1-16(2)25-27(17(3)9-10-37-25)41-29-19(15-21(35)26(38-29)23-20(34)7-6-8-22(23)42)28(24(32(41)45)30(43)36-5)39-11-13-40(14-12-39)31(44)18(4)33/h6-10,15-16,42H,4,11-14H2,1-3,5H3,(H,36,43). The van der Waals surface area contributed by atoms with Crippen LogP contribution in [0.25, 0.3) is 28.0 Å². The highest BCUT2D eigenvalue weighted by Crippen LogP contribution is 2.40. The third-order valence-corrected chi connectivity index (χ3v) is 8.19. The summed E-state index contributed by atoms with van der Waals surface area (Å²) in [5.41, 5.74) is 1.40. The number of hydrogen-bond donors (Lipinski definition) is 2. The van der Waals surface area contributed by atoms with E-state index in [0.29, 0.717) is 11.4 Å². The van der Waals surface area contributed by atoms with Crippen LogP contribution in [-0.2, 0) is 4.79 Å². The van der Waals surface area contributed by atoms with Crippen molar-refractivity contribution in [1.29, 1.82) is 0 Å². The molecule has 1 saturated heterocycles. The minimum atomic E-state index is -1.09. The lowest BCUT2D eigenvalue weighted by Crippen LogP contribution is -2.49. The zero-order chi connectivity index (χ0) is 32.7. The zero-order valence-electron chi connectivity index (χ0n) is 25.1. The molecule has 0 spiro atoms. The van der Waals surface area contributed by atoms with Gasteiger partial charge in [-0.05, 0) is 42.7 Å². The number of benzene rings is 1. The van der Waals surface area contributed by atoms with Crippen LogP contribution in [0.5, 0.6) is 5.75 Å². The van der Waals surface area contributed by atoms with Crippen molar-refractivity contribution in [1.82, 2.24) is 24.8 Å². The van der Waals surface area contributed by atoms with Crippen LogP contribution in [0.1, 0.15) is 41.4 Å². The predicted octanol–water partition coefficient (Wildman–Crippen LogP) is 5.72. The molecule has 1 aliphatic heterocycles. The lowest BCUT2D eigenvalue weighted by molar-refractivity contribution is -0.128. The van der Waals surface area contributed by atoms with E-state index in [0.717, 1.165) is 17.7 Å². The second kappa shape index (κ2) is 12.3.